The first-order valence-corrected chi connectivity index (χ1v) is 8.46. The van der Waals surface area contributed by atoms with Gasteiger partial charge in [-0.1, -0.05) is 6.07 Å². The van der Waals surface area contributed by atoms with E-state index in [0.717, 1.165) is 24.0 Å². The molecule has 1 aliphatic carbocycles. The molecule has 4 nitrogen and oxygen atoms in total. The summed E-state index contributed by atoms with van der Waals surface area (Å²) < 4.78 is 27.3. The summed E-state index contributed by atoms with van der Waals surface area (Å²) in [5, 5.41) is 0. The van der Waals surface area contributed by atoms with Gasteiger partial charge < -0.3 is 5.73 Å². The largest absolute Gasteiger partial charge is 0.398 e. The third-order valence-corrected chi connectivity index (χ3v) is 6.71. The summed E-state index contributed by atoms with van der Waals surface area (Å²) in [7, 11) is -1.82. The Labute approximate surface area is 122 Å². The lowest BCUT2D eigenvalue weighted by atomic mass is 10.1. The molecule has 0 saturated heterocycles. The van der Waals surface area contributed by atoms with Crippen LogP contribution in [0.2, 0.25) is 0 Å². The van der Waals surface area contributed by atoms with Gasteiger partial charge in [0.1, 0.15) is 0 Å². The SMILES string of the molecule is Cc1cc(C)c(S(=O)(=O)N(C)C(C)C2CC2)c(C)c1N. The van der Waals surface area contributed by atoms with Crippen molar-refractivity contribution in [3.63, 3.8) is 0 Å². The Morgan fingerprint density at radius 1 is 1.25 bits per heavy atom. The van der Waals surface area contributed by atoms with Crippen molar-refractivity contribution in [2.24, 2.45) is 5.92 Å². The zero-order valence-corrected chi connectivity index (χ0v) is 13.7. The number of hydrogen-bond acceptors (Lipinski definition) is 3. The first-order chi connectivity index (χ1) is 9.17. The lowest BCUT2D eigenvalue weighted by molar-refractivity contribution is 0.356. The normalized spacial score (nSPS) is 17.5. The summed E-state index contributed by atoms with van der Waals surface area (Å²) >= 11 is 0. The van der Waals surface area contributed by atoms with Gasteiger partial charge in [0.25, 0.3) is 0 Å². The molecule has 1 aliphatic rings. The quantitative estimate of drug-likeness (QED) is 0.869. The topological polar surface area (TPSA) is 63.4 Å². The maximum absolute atomic E-state index is 12.9. The first kappa shape index (κ1) is 15.3. The van der Waals surface area contributed by atoms with Crippen molar-refractivity contribution in [3.8, 4) is 0 Å². The minimum absolute atomic E-state index is 0.0429. The van der Waals surface area contributed by atoms with E-state index in [1.807, 2.05) is 26.8 Å². The van der Waals surface area contributed by atoms with Gasteiger partial charge in [0.15, 0.2) is 0 Å². The van der Waals surface area contributed by atoms with Crippen LogP contribution in [0.4, 0.5) is 5.69 Å². The van der Waals surface area contributed by atoms with Gasteiger partial charge in [-0.15, -0.1) is 0 Å². The highest BCUT2D eigenvalue weighted by Crippen LogP contribution is 2.38. The average Bonchev–Trinajstić information content (AvgIpc) is 3.18. The van der Waals surface area contributed by atoms with E-state index >= 15 is 0 Å². The highest BCUT2D eigenvalue weighted by molar-refractivity contribution is 7.89. The third-order valence-electron chi connectivity index (χ3n) is 4.48. The molecule has 20 heavy (non-hydrogen) atoms. The van der Waals surface area contributed by atoms with E-state index in [4.69, 9.17) is 5.73 Å². The standard InChI is InChI=1S/C15H24N2O2S/c1-9-8-10(2)15(11(3)14(9)16)20(18,19)17(5)12(4)13-6-7-13/h8,12-13H,6-7,16H2,1-5H3. The van der Waals surface area contributed by atoms with E-state index in [1.54, 1.807) is 14.0 Å². The van der Waals surface area contributed by atoms with E-state index in [2.05, 4.69) is 0 Å². The molecule has 1 atom stereocenters. The molecule has 0 amide bonds. The summed E-state index contributed by atoms with van der Waals surface area (Å²) in [6.45, 7) is 7.51. The number of anilines is 1. The third kappa shape index (κ3) is 2.44. The second-order valence-electron chi connectivity index (χ2n) is 5.98. The van der Waals surface area contributed by atoms with Crippen LogP contribution in [0.5, 0.6) is 0 Å². The Kier molecular flexibility index (Phi) is 3.86. The van der Waals surface area contributed by atoms with Crippen molar-refractivity contribution in [2.75, 3.05) is 12.8 Å². The average molecular weight is 296 g/mol. The minimum Gasteiger partial charge on any atom is -0.398 e. The summed E-state index contributed by atoms with van der Waals surface area (Å²) in [4.78, 5) is 0.371. The van der Waals surface area contributed by atoms with Crippen molar-refractivity contribution in [2.45, 2.75) is 51.5 Å². The molecule has 1 fully saturated rings. The Morgan fingerprint density at radius 2 is 1.80 bits per heavy atom. The predicted molar refractivity (Wildman–Crippen MR) is 82.2 cm³/mol. The monoisotopic (exact) mass is 296 g/mol. The van der Waals surface area contributed by atoms with Gasteiger partial charge in [-0.25, -0.2) is 8.42 Å². The molecule has 0 radical (unpaired) electrons. The maximum Gasteiger partial charge on any atom is 0.243 e. The summed E-state index contributed by atoms with van der Waals surface area (Å²) in [5.74, 6) is 0.498. The lowest BCUT2D eigenvalue weighted by Crippen LogP contribution is -2.37. The number of sulfonamides is 1. The molecular weight excluding hydrogens is 272 g/mol. The summed E-state index contributed by atoms with van der Waals surface area (Å²) in [5.41, 5.74) is 8.94. The highest BCUT2D eigenvalue weighted by Gasteiger charge is 2.37. The number of aryl methyl sites for hydroxylation is 2. The number of benzene rings is 1. The Bertz CT molecular complexity index is 634. The molecule has 112 valence electrons. The zero-order chi connectivity index (χ0) is 15.2. The Balaban J connectivity index is 2.51. The molecule has 5 heteroatoms. The molecule has 2 rings (SSSR count). The fourth-order valence-corrected chi connectivity index (χ4v) is 4.68. The Hall–Kier alpha value is -1.07. The molecular formula is C15H24N2O2S. The number of rotatable bonds is 4. The van der Waals surface area contributed by atoms with Crippen LogP contribution >= 0.6 is 0 Å². The van der Waals surface area contributed by atoms with E-state index in [0.29, 0.717) is 22.1 Å². The van der Waals surface area contributed by atoms with Gasteiger partial charge in [-0.3, -0.25) is 0 Å². The number of nitrogen functional groups attached to an aromatic ring is 1. The molecule has 0 heterocycles. The van der Waals surface area contributed by atoms with Gasteiger partial charge >= 0.3 is 0 Å². The van der Waals surface area contributed by atoms with Crippen LogP contribution in [-0.4, -0.2) is 25.8 Å². The van der Waals surface area contributed by atoms with Crippen molar-refractivity contribution in [1.29, 1.82) is 0 Å². The number of nitrogens with zero attached hydrogens (tertiary/aromatic N) is 1. The van der Waals surface area contributed by atoms with E-state index < -0.39 is 10.0 Å². The molecule has 1 aromatic carbocycles. The molecule has 0 aliphatic heterocycles. The summed E-state index contributed by atoms with van der Waals surface area (Å²) in [6, 6.07) is 1.89. The number of hydrogen-bond donors (Lipinski definition) is 1. The molecule has 0 aromatic heterocycles. The van der Waals surface area contributed by atoms with Gasteiger partial charge in [-0.05, 0) is 63.1 Å². The smallest absolute Gasteiger partial charge is 0.243 e. The van der Waals surface area contributed by atoms with Crippen LogP contribution < -0.4 is 5.73 Å². The molecule has 0 bridgehead atoms. The summed E-state index contributed by atoms with van der Waals surface area (Å²) in [6.07, 6.45) is 2.24. The maximum atomic E-state index is 12.9. The van der Waals surface area contributed by atoms with Gasteiger partial charge in [-0.2, -0.15) is 4.31 Å². The zero-order valence-electron chi connectivity index (χ0n) is 12.9. The van der Waals surface area contributed by atoms with E-state index in [1.165, 1.54) is 4.31 Å². The van der Waals surface area contributed by atoms with Crippen molar-refractivity contribution in [3.05, 3.63) is 22.8 Å². The van der Waals surface area contributed by atoms with Crippen molar-refractivity contribution in [1.82, 2.24) is 4.31 Å². The minimum atomic E-state index is -3.49. The fourth-order valence-electron chi connectivity index (χ4n) is 2.82. The van der Waals surface area contributed by atoms with Crippen LogP contribution in [-0.2, 0) is 10.0 Å². The highest BCUT2D eigenvalue weighted by atomic mass is 32.2. The number of nitrogens with two attached hydrogens (primary N) is 1. The predicted octanol–water partition coefficient (Wildman–Crippen LogP) is 2.61. The molecule has 2 N–H and O–H groups in total. The second kappa shape index (κ2) is 5.04. The molecule has 1 aromatic rings. The fraction of sp³-hybridized carbons (Fsp3) is 0.600. The molecule has 0 spiro atoms. The van der Waals surface area contributed by atoms with Gasteiger partial charge in [0, 0.05) is 18.8 Å². The van der Waals surface area contributed by atoms with Crippen LogP contribution in [0.25, 0.3) is 0 Å². The molecule has 1 saturated carbocycles. The first-order valence-electron chi connectivity index (χ1n) is 7.02. The Morgan fingerprint density at radius 3 is 2.30 bits per heavy atom. The van der Waals surface area contributed by atoms with Gasteiger partial charge in [0.2, 0.25) is 10.0 Å². The van der Waals surface area contributed by atoms with Crippen LogP contribution in [0.15, 0.2) is 11.0 Å². The van der Waals surface area contributed by atoms with E-state index in [9.17, 15) is 8.42 Å². The van der Waals surface area contributed by atoms with Crippen molar-refractivity contribution >= 4 is 15.7 Å². The van der Waals surface area contributed by atoms with Crippen molar-refractivity contribution < 1.29 is 8.42 Å². The van der Waals surface area contributed by atoms with Crippen LogP contribution in [0, 0.1) is 26.7 Å². The van der Waals surface area contributed by atoms with E-state index in [-0.39, 0.29) is 6.04 Å². The van der Waals surface area contributed by atoms with Crippen LogP contribution in [0.1, 0.15) is 36.5 Å². The second-order valence-corrected chi connectivity index (χ2v) is 7.91. The van der Waals surface area contributed by atoms with Gasteiger partial charge in [0.05, 0.1) is 4.90 Å². The van der Waals surface area contributed by atoms with Crippen LogP contribution in [0.3, 0.4) is 0 Å². The lowest BCUT2D eigenvalue weighted by Gasteiger charge is -2.26. The molecule has 1 unspecified atom stereocenters.